The molecule has 2 aliphatic rings. The van der Waals surface area contributed by atoms with E-state index in [0.717, 1.165) is 23.7 Å². The van der Waals surface area contributed by atoms with Crippen LogP contribution in [0.1, 0.15) is 12.8 Å². The van der Waals surface area contributed by atoms with Gasteiger partial charge in [0.05, 0.1) is 5.39 Å². The summed E-state index contributed by atoms with van der Waals surface area (Å²) in [6.45, 7) is 4.61. The lowest BCUT2D eigenvalue weighted by atomic mass is 9.87. The van der Waals surface area contributed by atoms with Crippen LogP contribution in [0.4, 0.5) is 5.82 Å². The quantitative estimate of drug-likeness (QED) is 0.850. The first kappa shape index (κ1) is 10.7. The summed E-state index contributed by atoms with van der Waals surface area (Å²) in [5.41, 5.74) is 0.493. The van der Waals surface area contributed by atoms with Gasteiger partial charge in [0.15, 0.2) is 0 Å². The number of nitrogens with one attached hydrogen (secondary N) is 1. The third kappa shape index (κ3) is 1.54. The zero-order valence-corrected chi connectivity index (χ0v) is 11.0. The second-order valence-corrected chi connectivity index (χ2v) is 6.33. The van der Waals surface area contributed by atoms with Gasteiger partial charge in [-0.05, 0) is 30.8 Å². The van der Waals surface area contributed by atoms with Crippen molar-refractivity contribution in [3.63, 3.8) is 0 Å². The number of thiophene rings is 1. The number of aromatic nitrogens is 2. The average molecular weight is 260 g/mol. The monoisotopic (exact) mass is 260 g/mol. The Kier molecular flexibility index (Phi) is 2.32. The molecule has 2 saturated heterocycles. The van der Waals surface area contributed by atoms with Gasteiger partial charge in [-0.3, -0.25) is 0 Å². The molecule has 94 valence electrons. The van der Waals surface area contributed by atoms with Crippen molar-refractivity contribution >= 4 is 27.4 Å². The highest BCUT2D eigenvalue weighted by atomic mass is 32.1. The van der Waals surface area contributed by atoms with Crippen LogP contribution in [0.2, 0.25) is 0 Å². The molecule has 0 bridgehead atoms. The summed E-state index contributed by atoms with van der Waals surface area (Å²) in [6.07, 6.45) is 4.29. The van der Waals surface area contributed by atoms with E-state index >= 15 is 0 Å². The molecule has 4 rings (SSSR count). The molecule has 1 spiro atoms. The highest BCUT2D eigenvalue weighted by Crippen LogP contribution is 2.39. The van der Waals surface area contributed by atoms with E-state index in [2.05, 4.69) is 31.6 Å². The number of hydrogen-bond donors (Lipinski definition) is 1. The van der Waals surface area contributed by atoms with Gasteiger partial charge in [-0.15, -0.1) is 11.3 Å². The summed E-state index contributed by atoms with van der Waals surface area (Å²) in [5.74, 6) is 1.13. The van der Waals surface area contributed by atoms with E-state index < -0.39 is 0 Å². The second kappa shape index (κ2) is 3.90. The van der Waals surface area contributed by atoms with Gasteiger partial charge in [0, 0.05) is 25.0 Å². The lowest BCUT2D eigenvalue weighted by Gasteiger charge is -2.23. The summed E-state index contributed by atoms with van der Waals surface area (Å²) in [4.78, 5) is 12.4. The Hall–Kier alpha value is -1.20. The average Bonchev–Trinajstić information content (AvgIpc) is 3.11. The standard InChI is InChI=1S/C13H16N4S/c1-6-18-12-10(1)11(15-9-16-12)17-5-3-13(8-17)2-4-14-7-13/h1,6,9,14H,2-5,7-8H2. The number of hydrogen-bond acceptors (Lipinski definition) is 5. The normalized spacial score (nSPS) is 27.7. The highest BCUT2D eigenvalue weighted by molar-refractivity contribution is 7.16. The van der Waals surface area contributed by atoms with Gasteiger partial charge >= 0.3 is 0 Å². The molecule has 2 aromatic rings. The maximum Gasteiger partial charge on any atom is 0.140 e. The van der Waals surface area contributed by atoms with Gasteiger partial charge in [-0.1, -0.05) is 0 Å². The first-order valence-corrected chi connectivity index (χ1v) is 7.38. The van der Waals surface area contributed by atoms with Crippen molar-refractivity contribution in [2.75, 3.05) is 31.1 Å². The van der Waals surface area contributed by atoms with Crippen LogP contribution >= 0.6 is 11.3 Å². The minimum Gasteiger partial charge on any atom is -0.355 e. The Morgan fingerprint density at radius 3 is 3.22 bits per heavy atom. The molecule has 1 N–H and O–H groups in total. The maximum atomic E-state index is 4.52. The molecule has 2 fully saturated rings. The van der Waals surface area contributed by atoms with Crippen LogP contribution in [0.15, 0.2) is 17.8 Å². The van der Waals surface area contributed by atoms with E-state index in [4.69, 9.17) is 0 Å². The smallest absolute Gasteiger partial charge is 0.140 e. The van der Waals surface area contributed by atoms with E-state index in [0.29, 0.717) is 5.41 Å². The van der Waals surface area contributed by atoms with Crippen LogP contribution in [-0.4, -0.2) is 36.1 Å². The van der Waals surface area contributed by atoms with E-state index in [1.165, 1.54) is 31.3 Å². The molecule has 0 radical (unpaired) electrons. The predicted octanol–water partition coefficient (Wildman–Crippen LogP) is 1.88. The SMILES string of the molecule is c1nc(N2CCC3(CCNC3)C2)c2ccsc2n1. The summed E-state index contributed by atoms with van der Waals surface area (Å²) >= 11 is 1.69. The van der Waals surface area contributed by atoms with Crippen molar-refractivity contribution in [1.82, 2.24) is 15.3 Å². The highest BCUT2D eigenvalue weighted by Gasteiger charge is 2.41. The lowest BCUT2D eigenvalue weighted by Crippen LogP contribution is -2.29. The second-order valence-electron chi connectivity index (χ2n) is 5.44. The lowest BCUT2D eigenvalue weighted by molar-refractivity contribution is 0.369. The number of fused-ring (bicyclic) bond motifs is 1. The van der Waals surface area contributed by atoms with Crippen molar-refractivity contribution in [2.45, 2.75) is 12.8 Å². The molecular formula is C13H16N4S. The summed E-state index contributed by atoms with van der Waals surface area (Å²) in [6, 6.07) is 2.15. The molecule has 4 heterocycles. The molecule has 0 aromatic carbocycles. The van der Waals surface area contributed by atoms with Crippen LogP contribution in [0.3, 0.4) is 0 Å². The first-order chi connectivity index (χ1) is 8.86. The molecule has 1 unspecified atom stereocenters. The third-order valence-corrected chi connectivity index (χ3v) is 5.13. The molecule has 1 atom stereocenters. The fourth-order valence-corrected chi connectivity index (χ4v) is 4.02. The summed E-state index contributed by atoms with van der Waals surface area (Å²) < 4.78 is 0. The van der Waals surface area contributed by atoms with E-state index in [1.54, 1.807) is 17.7 Å². The third-order valence-electron chi connectivity index (χ3n) is 4.31. The van der Waals surface area contributed by atoms with Crippen LogP contribution < -0.4 is 10.2 Å². The molecular weight excluding hydrogens is 244 g/mol. The van der Waals surface area contributed by atoms with Crippen molar-refractivity contribution in [2.24, 2.45) is 5.41 Å². The first-order valence-electron chi connectivity index (χ1n) is 6.50. The Morgan fingerprint density at radius 1 is 1.33 bits per heavy atom. The van der Waals surface area contributed by atoms with Gasteiger partial charge in [-0.25, -0.2) is 9.97 Å². The molecule has 18 heavy (non-hydrogen) atoms. The van der Waals surface area contributed by atoms with Crippen LogP contribution in [0.25, 0.3) is 10.2 Å². The fourth-order valence-electron chi connectivity index (χ4n) is 3.29. The Morgan fingerprint density at radius 2 is 2.33 bits per heavy atom. The van der Waals surface area contributed by atoms with Crippen LogP contribution in [0.5, 0.6) is 0 Å². The Balaban J connectivity index is 1.70. The van der Waals surface area contributed by atoms with Gasteiger partial charge in [-0.2, -0.15) is 0 Å². The van der Waals surface area contributed by atoms with E-state index in [-0.39, 0.29) is 0 Å². The molecule has 0 amide bonds. The summed E-state index contributed by atoms with van der Waals surface area (Å²) in [5, 5.41) is 6.82. The largest absolute Gasteiger partial charge is 0.355 e. The van der Waals surface area contributed by atoms with Crippen molar-refractivity contribution in [3.05, 3.63) is 17.8 Å². The summed E-state index contributed by atoms with van der Waals surface area (Å²) in [7, 11) is 0. The van der Waals surface area contributed by atoms with E-state index in [1.807, 2.05) is 0 Å². The molecule has 5 heteroatoms. The van der Waals surface area contributed by atoms with E-state index in [9.17, 15) is 0 Å². The zero-order chi connectivity index (χ0) is 12.0. The van der Waals surface area contributed by atoms with Gasteiger partial charge in [0.1, 0.15) is 17.0 Å². The Labute approximate surface area is 110 Å². The van der Waals surface area contributed by atoms with Gasteiger partial charge in [0.25, 0.3) is 0 Å². The zero-order valence-electron chi connectivity index (χ0n) is 10.2. The van der Waals surface area contributed by atoms with Crippen molar-refractivity contribution in [3.8, 4) is 0 Å². The number of nitrogens with zero attached hydrogens (tertiary/aromatic N) is 3. The topological polar surface area (TPSA) is 41.1 Å². The maximum absolute atomic E-state index is 4.52. The molecule has 0 saturated carbocycles. The van der Waals surface area contributed by atoms with Crippen LogP contribution in [0, 0.1) is 5.41 Å². The van der Waals surface area contributed by atoms with Gasteiger partial charge in [0.2, 0.25) is 0 Å². The molecule has 2 aliphatic heterocycles. The van der Waals surface area contributed by atoms with Crippen molar-refractivity contribution < 1.29 is 0 Å². The van der Waals surface area contributed by atoms with Gasteiger partial charge < -0.3 is 10.2 Å². The number of rotatable bonds is 1. The van der Waals surface area contributed by atoms with Crippen molar-refractivity contribution in [1.29, 1.82) is 0 Å². The molecule has 2 aromatic heterocycles. The molecule has 0 aliphatic carbocycles. The minimum absolute atomic E-state index is 0.493. The minimum atomic E-state index is 0.493. The number of anilines is 1. The predicted molar refractivity (Wildman–Crippen MR) is 74.2 cm³/mol. The molecule has 4 nitrogen and oxygen atoms in total. The van der Waals surface area contributed by atoms with Crippen LogP contribution in [-0.2, 0) is 0 Å². The fraction of sp³-hybridized carbons (Fsp3) is 0.538. The Bertz CT molecular complexity index is 573.